The number of methoxy groups -OCH3 is 1. The molecule has 1 aliphatic rings. The van der Waals surface area contributed by atoms with Crippen LogP contribution in [0.15, 0.2) is 42.5 Å². The molecule has 8 heteroatoms. The van der Waals surface area contributed by atoms with E-state index in [0.29, 0.717) is 40.0 Å². The summed E-state index contributed by atoms with van der Waals surface area (Å²) in [6.45, 7) is 0.955. The second-order valence-electron chi connectivity index (χ2n) is 6.71. The van der Waals surface area contributed by atoms with E-state index in [9.17, 15) is 9.18 Å². The SMILES string of the molecule is COc1ccc(OCC(=O)N(CC2CCCO2)c2nc3ccc(F)cc3s2)cc1. The molecule has 152 valence electrons. The van der Waals surface area contributed by atoms with Crippen molar-refractivity contribution in [2.75, 3.05) is 31.8 Å². The van der Waals surface area contributed by atoms with Crippen molar-refractivity contribution in [1.82, 2.24) is 4.98 Å². The number of rotatable bonds is 7. The average Bonchev–Trinajstić information content (AvgIpc) is 3.39. The third-order valence-corrected chi connectivity index (χ3v) is 5.74. The molecule has 0 aliphatic carbocycles. The number of halogens is 1. The van der Waals surface area contributed by atoms with Crippen molar-refractivity contribution in [2.24, 2.45) is 0 Å². The number of nitrogens with zero attached hydrogens (tertiary/aromatic N) is 2. The van der Waals surface area contributed by atoms with Crippen molar-refractivity contribution in [2.45, 2.75) is 18.9 Å². The molecule has 4 rings (SSSR count). The summed E-state index contributed by atoms with van der Waals surface area (Å²) in [6, 6.07) is 11.4. The fourth-order valence-electron chi connectivity index (χ4n) is 3.18. The van der Waals surface area contributed by atoms with Crippen molar-refractivity contribution in [1.29, 1.82) is 0 Å². The zero-order valence-corrected chi connectivity index (χ0v) is 16.8. The number of carbonyl (C=O) groups is 1. The fourth-order valence-corrected chi connectivity index (χ4v) is 4.19. The van der Waals surface area contributed by atoms with Gasteiger partial charge in [-0.25, -0.2) is 9.37 Å². The van der Waals surface area contributed by atoms with Gasteiger partial charge in [0.15, 0.2) is 11.7 Å². The van der Waals surface area contributed by atoms with E-state index >= 15 is 0 Å². The first-order valence-corrected chi connectivity index (χ1v) is 10.2. The molecule has 6 nitrogen and oxygen atoms in total. The van der Waals surface area contributed by atoms with E-state index in [-0.39, 0.29) is 24.4 Å². The first kappa shape index (κ1) is 19.6. The van der Waals surface area contributed by atoms with Crippen LogP contribution in [-0.2, 0) is 9.53 Å². The fraction of sp³-hybridized carbons (Fsp3) is 0.333. The Hall–Kier alpha value is -2.71. The predicted octanol–water partition coefficient (Wildman–Crippen LogP) is 4.04. The van der Waals surface area contributed by atoms with E-state index in [4.69, 9.17) is 14.2 Å². The molecule has 0 saturated carbocycles. The number of amides is 1. The molecule has 0 radical (unpaired) electrons. The number of benzene rings is 2. The van der Waals surface area contributed by atoms with Gasteiger partial charge in [0.2, 0.25) is 0 Å². The van der Waals surface area contributed by atoms with E-state index in [1.807, 2.05) is 0 Å². The van der Waals surface area contributed by atoms with Crippen LogP contribution >= 0.6 is 11.3 Å². The minimum Gasteiger partial charge on any atom is -0.497 e. The van der Waals surface area contributed by atoms with Crippen molar-refractivity contribution in [3.8, 4) is 11.5 Å². The monoisotopic (exact) mass is 416 g/mol. The van der Waals surface area contributed by atoms with Crippen LogP contribution in [0.4, 0.5) is 9.52 Å². The molecule has 1 amide bonds. The lowest BCUT2D eigenvalue weighted by atomic mass is 10.2. The Kier molecular flexibility index (Phi) is 5.92. The summed E-state index contributed by atoms with van der Waals surface area (Å²) in [6.07, 6.45) is 1.83. The molecule has 0 spiro atoms. The second kappa shape index (κ2) is 8.75. The van der Waals surface area contributed by atoms with E-state index in [1.54, 1.807) is 42.3 Å². The number of hydrogen-bond acceptors (Lipinski definition) is 6. The Balaban J connectivity index is 1.52. The summed E-state index contributed by atoms with van der Waals surface area (Å²) in [5.41, 5.74) is 0.660. The molecule has 0 bridgehead atoms. The van der Waals surface area contributed by atoms with E-state index in [2.05, 4.69) is 4.98 Å². The zero-order chi connectivity index (χ0) is 20.2. The highest BCUT2D eigenvalue weighted by atomic mass is 32.1. The van der Waals surface area contributed by atoms with E-state index in [1.165, 1.54) is 23.5 Å². The lowest BCUT2D eigenvalue weighted by molar-refractivity contribution is -0.120. The first-order chi connectivity index (χ1) is 14.1. The van der Waals surface area contributed by atoms with Crippen LogP contribution < -0.4 is 14.4 Å². The smallest absolute Gasteiger partial charge is 0.266 e. The van der Waals surface area contributed by atoms with Crippen LogP contribution in [-0.4, -0.2) is 43.9 Å². The number of anilines is 1. The molecule has 1 aliphatic heterocycles. The Morgan fingerprint density at radius 2 is 2.07 bits per heavy atom. The average molecular weight is 416 g/mol. The zero-order valence-electron chi connectivity index (χ0n) is 16.0. The van der Waals surface area contributed by atoms with Crippen LogP contribution in [0.1, 0.15) is 12.8 Å². The Bertz CT molecular complexity index is 986. The minimum atomic E-state index is -0.326. The third kappa shape index (κ3) is 4.65. The van der Waals surface area contributed by atoms with Gasteiger partial charge in [-0.05, 0) is 55.3 Å². The molecule has 1 fully saturated rings. The minimum absolute atomic E-state index is 0.0383. The third-order valence-electron chi connectivity index (χ3n) is 4.70. The van der Waals surface area contributed by atoms with Gasteiger partial charge in [-0.2, -0.15) is 0 Å². The molecular formula is C21H21FN2O4S. The quantitative estimate of drug-likeness (QED) is 0.582. The number of hydrogen-bond donors (Lipinski definition) is 0. The molecule has 3 aromatic rings. The standard InChI is InChI=1S/C21H21FN2O4S/c1-26-15-5-7-16(8-6-15)28-13-20(25)24(12-17-3-2-10-27-17)21-23-18-9-4-14(22)11-19(18)29-21/h4-9,11,17H,2-3,10,12-13H2,1H3. The Labute approximate surface area is 171 Å². The number of thiazole rings is 1. The molecule has 2 aromatic carbocycles. The van der Waals surface area contributed by atoms with Gasteiger partial charge in [-0.1, -0.05) is 11.3 Å². The summed E-state index contributed by atoms with van der Waals surface area (Å²) in [4.78, 5) is 19.1. The summed E-state index contributed by atoms with van der Waals surface area (Å²) in [5.74, 6) is 0.733. The summed E-state index contributed by atoms with van der Waals surface area (Å²) < 4.78 is 30.7. The van der Waals surface area contributed by atoms with Gasteiger partial charge in [-0.15, -0.1) is 0 Å². The van der Waals surface area contributed by atoms with Crippen molar-refractivity contribution >= 4 is 32.6 Å². The van der Waals surface area contributed by atoms with Crippen LogP contribution in [0.25, 0.3) is 10.2 Å². The Morgan fingerprint density at radius 1 is 1.28 bits per heavy atom. The number of fused-ring (bicyclic) bond motifs is 1. The van der Waals surface area contributed by atoms with Crippen molar-refractivity contribution in [3.05, 3.63) is 48.3 Å². The van der Waals surface area contributed by atoms with Gasteiger partial charge in [0.25, 0.3) is 5.91 Å². The largest absolute Gasteiger partial charge is 0.497 e. The lowest BCUT2D eigenvalue weighted by Gasteiger charge is -2.23. The van der Waals surface area contributed by atoms with Crippen molar-refractivity contribution < 1.29 is 23.4 Å². The van der Waals surface area contributed by atoms with Gasteiger partial charge in [0.05, 0.1) is 30.0 Å². The van der Waals surface area contributed by atoms with Crippen LogP contribution in [0.2, 0.25) is 0 Å². The number of aromatic nitrogens is 1. The molecule has 2 heterocycles. The maximum absolute atomic E-state index is 13.5. The highest BCUT2D eigenvalue weighted by molar-refractivity contribution is 7.22. The molecular weight excluding hydrogens is 395 g/mol. The highest BCUT2D eigenvalue weighted by Crippen LogP contribution is 2.30. The second-order valence-corrected chi connectivity index (χ2v) is 7.72. The van der Waals surface area contributed by atoms with Crippen LogP contribution in [0, 0.1) is 5.82 Å². The van der Waals surface area contributed by atoms with Crippen LogP contribution in [0.3, 0.4) is 0 Å². The molecule has 1 unspecified atom stereocenters. The normalized spacial score (nSPS) is 16.1. The molecule has 0 N–H and O–H groups in total. The first-order valence-electron chi connectivity index (χ1n) is 9.37. The summed E-state index contributed by atoms with van der Waals surface area (Å²) in [5, 5.41) is 0.518. The highest BCUT2D eigenvalue weighted by Gasteiger charge is 2.26. The number of ether oxygens (including phenoxy) is 3. The van der Waals surface area contributed by atoms with Gasteiger partial charge in [0.1, 0.15) is 17.3 Å². The predicted molar refractivity (Wildman–Crippen MR) is 109 cm³/mol. The van der Waals surface area contributed by atoms with Gasteiger partial charge < -0.3 is 14.2 Å². The Morgan fingerprint density at radius 3 is 2.79 bits per heavy atom. The van der Waals surface area contributed by atoms with Crippen molar-refractivity contribution in [3.63, 3.8) is 0 Å². The topological polar surface area (TPSA) is 60.9 Å². The van der Waals surface area contributed by atoms with Crippen LogP contribution in [0.5, 0.6) is 11.5 Å². The molecule has 1 aromatic heterocycles. The molecule has 1 atom stereocenters. The summed E-state index contributed by atoms with van der Waals surface area (Å²) >= 11 is 1.28. The lowest BCUT2D eigenvalue weighted by Crippen LogP contribution is -2.40. The van der Waals surface area contributed by atoms with Gasteiger partial charge in [-0.3, -0.25) is 9.69 Å². The maximum Gasteiger partial charge on any atom is 0.266 e. The van der Waals surface area contributed by atoms with E-state index < -0.39 is 0 Å². The maximum atomic E-state index is 13.5. The molecule has 29 heavy (non-hydrogen) atoms. The van der Waals surface area contributed by atoms with E-state index in [0.717, 1.165) is 12.8 Å². The number of carbonyl (C=O) groups excluding carboxylic acids is 1. The molecule has 1 saturated heterocycles. The van der Waals surface area contributed by atoms with Gasteiger partial charge >= 0.3 is 0 Å². The summed E-state index contributed by atoms with van der Waals surface area (Å²) in [7, 11) is 1.59. The van der Waals surface area contributed by atoms with Gasteiger partial charge in [0, 0.05) is 6.61 Å².